The van der Waals surface area contributed by atoms with Crippen molar-refractivity contribution >= 4 is 0 Å². The quantitative estimate of drug-likeness (QED) is 0.700. The molecule has 2 fully saturated rings. The van der Waals surface area contributed by atoms with Crippen LogP contribution in [0.3, 0.4) is 0 Å². The van der Waals surface area contributed by atoms with Gasteiger partial charge in [0.05, 0.1) is 5.60 Å². The molecule has 0 aromatic heterocycles. The Bertz CT molecular complexity index is 223. The summed E-state index contributed by atoms with van der Waals surface area (Å²) in [6.45, 7) is 4.55. The Morgan fingerprint density at radius 2 is 1.53 bits per heavy atom. The first-order chi connectivity index (χ1) is 6.95. The second-order valence-corrected chi connectivity index (χ2v) is 6.25. The van der Waals surface area contributed by atoms with Gasteiger partial charge in [-0.1, -0.05) is 26.7 Å². The molecular weight excluding hydrogens is 186 g/mol. The molecule has 0 aliphatic heterocycles. The number of nitrogens with two attached hydrogens (primary N) is 1. The van der Waals surface area contributed by atoms with Crippen molar-refractivity contribution in [2.45, 2.75) is 69.9 Å². The molecule has 3 N–H and O–H groups in total. The summed E-state index contributed by atoms with van der Waals surface area (Å²) < 4.78 is 0. The van der Waals surface area contributed by atoms with Crippen LogP contribution < -0.4 is 5.73 Å². The highest BCUT2D eigenvalue weighted by molar-refractivity contribution is 5.08. The zero-order valence-electron chi connectivity index (χ0n) is 10.1. The summed E-state index contributed by atoms with van der Waals surface area (Å²) >= 11 is 0. The van der Waals surface area contributed by atoms with Crippen molar-refractivity contribution in [1.82, 2.24) is 0 Å². The number of hydrogen-bond donors (Lipinski definition) is 2. The van der Waals surface area contributed by atoms with Crippen molar-refractivity contribution in [2.24, 2.45) is 17.6 Å². The Morgan fingerprint density at radius 3 is 2.00 bits per heavy atom. The van der Waals surface area contributed by atoms with Gasteiger partial charge in [0.2, 0.25) is 0 Å². The Balaban J connectivity index is 2.17. The standard InChI is InChI=1S/C13H25NO/c1-10-7-11(2)9-12(14,8-10)13(15)5-3-4-6-13/h10-11,15H,3-9,14H2,1-2H3. The van der Waals surface area contributed by atoms with Crippen molar-refractivity contribution in [3.8, 4) is 0 Å². The molecule has 0 bridgehead atoms. The van der Waals surface area contributed by atoms with Crippen molar-refractivity contribution in [1.29, 1.82) is 0 Å². The number of aliphatic hydroxyl groups is 1. The molecule has 0 heterocycles. The molecule has 2 rings (SSSR count). The van der Waals surface area contributed by atoms with E-state index in [2.05, 4.69) is 13.8 Å². The van der Waals surface area contributed by atoms with Gasteiger partial charge in [-0.25, -0.2) is 0 Å². The van der Waals surface area contributed by atoms with E-state index < -0.39 is 5.60 Å². The third-order valence-electron chi connectivity index (χ3n) is 4.59. The second-order valence-electron chi connectivity index (χ2n) is 6.25. The SMILES string of the molecule is CC1CC(C)CC(N)(C2(O)CCCC2)C1. The summed E-state index contributed by atoms with van der Waals surface area (Å²) in [4.78, 5) is 0. The van der Waals surface area contributed by atoms with Crippen LogP contribution in [0.1, 0.15) is 58.8 Å². The smallest absolute Gasteiger partial charge is 0.0826 e. The van der Waals surface area contributed by atoms with Crippen molar-refractivity contribution in [2.75, 3.05) is 0 Å². The zero-order valence-corrected chi connectivity index (χ0v) is 10.1. The maximum Gasteiger partial charge on any atom is 0.0826 e. The van der Waals surface area contributed by atoms with E-state index in [1.54, 1.807) is 0 Å². The lowest BCUT2D eigenvalue weighted by atomic mass is 9.64. The molecule has 2 atom stereocenters. The van der Waals surface area contributed by atoms with Crippen molar-refractivity contribution in [3.63, 3.8) is 0 Å². The number of hydrogen-bond acceptors (Lipinski definition) is 2. The summed E-state index contributed by atoms with van der Waals surface area (Å²) in [5.41, 5.74) is 5.66. The molecule has 0 saturated heterocycles. The van der Waals surface area contributed by atoms with Crippen molar-refractivity contribution < 1.29 is 5.11 Å². The first-order valence-electron chi connectivity index (χ1n) is 6.46. The Hall–Kier alpha value is -0.0800. The van der Waals surface area contributed by atoms with Gasteiger partial charge in [-0.05, 0) is 43.9 Å². The summed E-state index contributed by atoms with van der Waals surface area (Å²) in [5.74, 6) is 1.34. The molecule has 0 radical (unpaired) electrons. The maximum absolute atomic E-state index is 10.7. The highest BCUT2D eigenvalue weighted by Crippen LogP contribution is 2.47. The molecule has 88 valence electrons. The van der Waals surface area contributed by atoms with E-state index in [-0.39, 0.29) is 5.54 Å². The molecule has 2 aliphatic rings. The minimum atomic E-state index is -0.560. The predicted octanol–water partition coefficient (Wildman–Crippen LogP) is 2.45. The van der Waals surface area contributed by atoms with Gasteiger partial charge in [0, 0.05) is 5.54 Å². The van der Waals surface area contributed by atoms with E-state index >= 15 is 0 Å². The van der Waals surface area contributed by atoms with Gasteiger partial charge in [-0.3, -0.25) is 0 Å². The fraction of sp³-hybridized carbons (Fsp3) is 1.00. The molecule has 0 aromatic carbocycles. The summed E-state index contributed by atoms with van der Waals surface area (Å²) in [7, 11) is 0. The van der Waals surface area contributed by atoms with E-state index in [4.69, 9.17) is 5.73 Å². The molecule has 2 unspecified atom stereocenters. The third-order valence-corrected chi connectivity index (χ3v) is 4.59. The maximum atomic E-state index is 10.7. The van der Waals surface area contributed by atoms with Gasteiger partial charge >= 0.3 is 0 Å². The first kappa shape index (κ1) is 11.4. The third kappa shape index (κ3) is 1.94. The Labute approximate surface area is 93.2 Å². The molecule has 0 amide bonds. The topological polar surface area (TPSA) is 46.2 Å². The van der Waals surface area contributed by atoms with Gasteiger partial charge in [-0.2, -0.15) is 0 Å². The minimum Gasteiger partial charge on any atom is -0.388 e. The molecule has 2 nitrogen and oxygen atoms in total. The van der Waals surface area contributed by atoms with Gasteiger partial charge in [0.1, 0.15) is 0 Å². The normalized spacial score (nSPS) is 45.6. The van der Waals surface area contributed by atoms with Crippen LogP contribution in [0, 0.1) is 11.8 Å². The van der Waals surface area contributed by atoms with Gasteiger partial charge in [-0.15, -0.1) is 0 Å². The first-order valence-corrected chi connectivity index (χ1v) is 6.46. The van der Waals surface area contributed by atoms with Crippen LogP contribution in [-0.2, 0) is 0 Å². The van der Waals surface area contributed by atoms with E-state index in [0.717, 1.165) is 38.5 Å². The molecule has 2 heteroatoms. The van der Waals surface area contributed by atoms with Crippen LogP contribution in [0.4, 0.5) is 0 Å². The molecule has 2 saturated carbocycles. The Kier molecular flexibility index (Phi) is 2.85. The van der Waals surface area contributed by atoms with Crippen LogP contribution in [0.25, 0.3) is 0 Å². The van der Waals surface area contributed by atoms with E-state index in [1.807, 2.05) is 0 Å². The second kappa shape index (κ2) is 3.74. The monoisotopic (exact) mass is 211 g/mol. The lowest BCUT2D eigenvalue weighted by Gasteiger charge is -2.49. The molecule has 15 heavy (non-hydrogen) atoms. The molecular formula is C13H25NO. The molecule has 0 spiro atoms. The molecule has 2 aliphatic carbocycles. The van der Waals surface area contributed by atoms with Gasteiger partial charge in [0.15, 0.2) is 0 Å². The predicted molar refractivity (Wildman–Crippen MR) is 62.5 cm³/mol. The highest BCUT2D eigenvalue weighted by atomic mass is 16.3. The fourth-order valence-electron chi connectivity index (χ4n) is 4.02. The van der Waals surface area contributed by atoms with Crippen LogP contribution in [-0.4, -0.2) is 16.2 Å². The van der Waals surface area contributed by atoms with Crippen LogP contribution in [0.2, 0.25) is 0 Å². The fourth-order valence-corrected chi connectivity index (χ4v) is 4.02. The van der Waals surface area contributed by atoms with Crippen LogP contribution in [0.5, 0.6) is 0 Å². The highest BCUT2D eigenvalue weighted by Gasteiger charge is 2.51. The number of rotatable bonds is 1. The summed E-state index contributed by atoms with van der Waals surface area (Å²) in [6, 6.07) is 0. The minimum absolute atomic E-state index is 0.305. The van der Waals surface area contributed by atoms with Crippen LogP contribution in [0.15, 0.2) is 0 Å². The average Bonchev–Trinajstić information content (AvgIpc) is 2.51. The van der Waals surface area contributed by atoms with E-state index in [1.165, 1.54) is 6.42 Å². The van der Waals surface area contributed by atoms with Crippen LogP contribution >= 0.6 is 0 Å². The largest absolute Gasteiger partial charge is 0.388 e. The Morgan fingerprint density at radius 1 is 1.07 bits per heavy atom. The summed E-state index contributed by atoms with van der Waals surface area (Å²) in [5, 5.41) is 10.7. The summed E-state index contributed by atoms with van der Waals surface area (Å²) in [6.07, 6.45) is 7.43. The molecule has 0 aromatic rings. The lowest BCUT2D eigenvalue weighted by Crippen LogP contribution is -2.62. The average molecular weight is 211 g/mol. The lowest BCUT2D eigenvalue weighted by molar-refractivity contribution is -0.0623. The van der Waals surface area contributed by atoms with Gasteiger partial charge < -0.3 is 10.8 Å². The van der Waals surface area contributed by atoms with Crippen molar-refractivity contribution in [3.05, 3.63) is 0 Å². The zero-order chi connectivity index (χ0) is 11.1. The van der Waals surface area contributed by atoms with E-state index in [9.17, 15) is 5.11 Å². The van der Waals surface area contributed by atoms with Gasteiger partial charge in [0.25, 0.3) is 0 Å². The van der Waals surface area contributed by atoms with E-state index in [0.29, 0.717) is 11.8 Å².